The number of allylic oxidation sites excluding steroid dienone is 4. The van der Waals surface area contributed by atoms with Gasteiger partial charge in [-0.2, -0.15) is 0 Å². The standard InChI is InChI=1S/2C6H12.C6H10/c3*1-3-5-6-4-2/h2*5-6H,3-4H2,1-2H3;3-4H2,1-2H3/b6-5+;6-5-;. The maximum Gasteiger partial charge on any atom is 0.00602 e. The predicted octanol–water partition coefficient (Wildman–Crippen LogP) is 6.54. The van der Waals surface area contributed by atoms with Crippen LogP contribution in [-0.2, 0) is 0 Å². The molecule has 0 aromatic rings. The second kappa shape index (κ2) is 29.8. The molecule has 106 valence electrons. The Hall–Kier alpha value is -0.960. The van der Waals surface area contributed by atoms with Crippen LogP contribution in [0.4, 0.5) is 0 Å². The summed E-state index contributed by atoms with van der Waals surface area (Å²) in [6.45, 7) is 12.7. The maximum absolute atomic E-state index is 2.95. The molecular formula is C18H34. The van der Waals surface area contributed by atoms with Gasteiger partial charge in [-0.25, -0.2) is 0 Å². The van der Waals surface area contributed by atoms with Crippen molar-refractivity contribution in [2.24, 2.45) is 0 Å². The Morgan fingerprint density at radius 1 is 0.500 bits per heavy atom. The first kappa shape index (κ1) is 22.2. The topological polar surface area (TPSA) is 0 Å². The van der Waals surface area contributed by atoms with Crippen molar-refractivity contribution in [1.29, 1.82) is 0 Å². The smallest absolute Gasteiger partial charge is 0.00602 e. The molecule has 0 bridgehead atoms. The SMILES string of the molecule is CC/C=C/CC.CC/C=C\CC.CCC#CCC. The summed E-state index contributed by atoms with van der Waals surface area (Å²) >= 11 is 0. The molecule has 0 aliphatic heterocycles. The first-order valence-electron chi connectivity index (χ1n) is 7.50. The Labute approximate surface area is 117 Å². The number of hydrogen-bond acceptors (Lipinski definition) is 0. The van der Waals surface area contributed by atoms with Gasteiger partial charge in [-0.3, -0.25) is 0 Å². The molecule has 0 heteroatoms. The van der Waals surface area contributed by atoms with E-state index in [0.29, 0.717) is 0 Å². The quantitative estimate of drug-likeness (QED) is 0.393. The van der Waals surface area contributed by atoms with Gasteiger partial charge in [0.2, 0.25) is 0 Å². The Kier molecular flexibility index (Phi) is 36.8. The lowest BCUT2D eigenvalue weighted by Gasteiger charge is -1.72. The van der Waals surface area contributed by atoms with E-state index in [2.05, 4.69) is 77.7 Å². The third-order valence-electron chi connectivity index (χ3n) is 1.75. The van der Waals surface area contributed by atoms with Gasteiger partial charge < -0.3 is 0 Å². The Morgan fingerprint density at radius 2 is 0.722 bits per heavy atom. The first-order chi connectivity index (χ1) is 8.74. The number of hydrogen-bond donors (Lipinski definition) is 0. The molecule has 0 amide bonds. The van der Waals surface area contributed by atoms with Crippen LogP contribution < -0.4 is 0 Å². The van der Waals surface area contributed by atoms with Gasteiger partial charge >= 0.3 is 0 Å². The molecule has 0 aliphatic carbocycles. The summed E-state index contributed by atoms with van der Waals surface area (Å²) in [5, 5.41) is 0. The number of rotatable bonds is 4. The van der Waals surface area contributed by atoms with Gasteiger partial charge in [-0.1, -0.05) is 65.8 Å². The van der Waals surface area contributed by atoms with E-state index < -0.39 is 0 Å². The van der Waals surface area contributed by atoms with Crippen molar-refractivity contribution in [1.82, 2.24) is 0 Å². The molecule has 0 nitrogen and oxygen atoms in total. The third-order valence-corrected chi connectivity index (χ3v) is 1.75. The molecule has 0 unspecified atom stereocenters. The van der Waals surface area contributed by atoms with E-state index in [9.17, 15) is 0 Å². The zero-order valence-electron chi connectivity index (χ0n) is 13.6. The van der Waals surface area contributed by atoms with E-state index >= 15 is 0 Å². The van der Waals surface area contributed by atoms with Crippen LogP contribution in [0.3, 0.4) is 0 Å². The van der Waals surface area contributed by atoms with E-state index in [-0.39, 0.29) is 0 Å². The van der Waals surface area contributed by atoms with E-state index in [0.717, 1.165) is 12.8 Å². The zero-order chi connectivity index (χ0) is 14.5. The van der Waals surface area contributed by atoms with Gasteiger partial charge in [-0.05, 0) is 25.7 Å². The van der Waals surface area contributed by atoms with E-state index in [1.54, 1.807) is 0 Å². The highest BCUT2D eigenvalue weighted by Gasteiger charge is 1.60. The van der Waals surface area contributed by atoms with Crippen molar-refractivity contribution in [2.75, 3.05) is 0 Å². The minimum Gasteiger partial charge on any atom is -0.104 e. The molecule has 0 saturated heterocycles. The molecule has 0 aliphatic rings. The van der Waals surface area contributed by atoms with Crippen LogP contribution in [0.1, 0.15) is 80.1 Å². The van der Waals surface area contributed by atoms with E-state index in [4.69, 9.17) is 0 Å². The van der Waals surface area contributed by atoms with Crippen molar-refractivity contribution in [3.05, 3.63) is 24.3 Å². The van der Waals surface area contributed by atoms with Gasteiger partial charge in [-0.15, -0.1) is 11.8 Å². The van der Waals surface area contributed by atoms with Crippen molar-refractivity contribution < 1.29 is 0 Å². The fourth-order valence-corrected chi connectivity index (χ4v) is 0.917. The van der Waals surface area contributed by atoms with E-state index in [1.807, 2.05) is 0 Å². The third kappa shape index (κ3) is 45.9. The average Bonchev–Trinajstić information content (AvgIpc) is 2.42. The minimum absolute atomic E-state index is 0.994. The zero-order valence-corrected chi connectivity index (χ0v) is 13.6. The molecule has 0 radical (unpaired) electrons. The molecule has 0 aromatic carbocycles. The Balaban J connectivity index is -0.000000187. The summed E-state index contributed by atoms with van der Waals surface area (Å²) in [4.78, 5) is 0. The van der Waals surface area contributed by atoms with Gasteiger partial charge in [0, 0.05) is 12.8 Å². The van der Waals surface area contributed by atoms with Gasteiger partial charge in [0.15, 0.2) is 0 Å². The second-order valence-electron chi connectivity index (χ2n) is 3.64. The van der Waals surface area contributed by atoms with Crippen LogP contribution in [0, 0.1) is 11.8 Å². The lowest BCUT2D eigenvalue weighted by molar-refractivity contribution is 1.16. The van der Waals surface area contributed by atoms with Crippen LogP contribution in [0.2, 0.25) is 0 Å². The van der Waals surface area contributed by atoms with Crippen LogP contribution in [0.15, 0.2) is 24.3 Å². The predicted molar refractivity (Wildman–Crippen MR) is 87.8 cm³/mol. The molecule has 0 atom stereocenters. The lowest BCUT2D eigenvalue weighted by Crippen LogP contribution is -1.52. The normalized spacial score (nSPS) is 9.00. The van der Waals surface area contributed by atoms with Crippen LogP contribution in [0.25, 0.3) is 0 Å². The van der Waals surface area contributed by atoms with Gasteiger partial charge in [0.1, 0.15) is 0 Å². The monoisotopic (exact) mass is 250 g/mol. The molecule has 0 saturated carbocycles. The summed E-state index contributed by atoms with van der Waals surface area (Å²) in [6, 6.07) is 0. The van der Waals surface area contributed by atoms with Crippen LogP contribution in [0.5, 0.6) is 0 Å². The Morgan fingerprint density at radius 3 is 0.833 bits per heavy atom. The molecule has 0 rings (SSSR count). The molecular weight excluding hydrogens is 216 g/mol. The fraction of sp³-hybridized carbons (Fsp3) is 0.667. The Bertz CT molecular complexity index is 176. The van der Waals surface area contributed by atoms with Crippen molar-refractivity contribution in [2.45, 2.75) is 80.1 Å². The van der Waals surface area contributed by atoms with Crippen LogP contribution >= 0.6 is 0 Å². The van der Waals surface area contributed by atoms with E-state index in [1.165, 1.54) is 25.7 Å². The fourth-order valence-electron chi connectivity index (χ4n) is 0.917. The van der Waals surface area contributed by atoms with Gasteiger partial charge in [0.05, 0.1) is 0 Å². The summed E-state index contributed by atoms with van der Waals surface area (Å²) in [7, 11) is 0. The molecule has 0 aromatic heterocycles. The highest BCUT2D eigenvalue weighted by Crippen LogP contribution is 1.81. The highest BCUT2D eigenvalue weighted by atomic mass is 13.7. The largest absolute Gasteiger partial charge is 0.104 e. The van der Waals surface area contributed by atoms with Crippen molar-refractivity contribution in [3.63, 3.8) is 0 Å². The molecule has 18 heavy (non-hydrogen) atoms. The minimum atomic E-state index is 0.994. The summed E-state index contributed by atoms with van der Waals surface area (Å²) in [5.41, 5.74) is 0. The van der Waals surface area contributed by atoms with Crippen molar-refractivity contribution >= 4 is 0 Å². The first-order valence-corrected chi connectivity index (χ1v) is 7.50. The molecule has 0 heterocycles. The maximum atomic E-state index is 2.95. The average molecular weight is 250 g/mol. The second-order valence-corrected chi connectivity index (χ2v) is 3.64. The lowest BCUT2D eigenvalue weighted by atomic mass is 10.4. The summed E-state index contributed by atoms with van der Waals surface area (Å²) in [5.74, 6) is 5.90. The molecule has 0 spiro atoms. The van der Waals surface area contributed by atoms with Crippen LogP contribution in [-0.4, -0.2) is 0 Å². The summed E-state index contributed by atoms with van der Waals surface area (Å²) < 4.78 is 0. The molecule has 0 fully saturated rings. The highest BCUT2D eigenvalue weighted by molar-refractivity contribution is 4.96. The van der Waals surface area contributed by atoms with Gasteiger partial charge in [0.25, 0.3) is 0 Å². The summed E-state index contributed by atoms with van der Waals surface area (Å²) in [6.07, 6.45) is 15.4. The van der Waals surface area contributed by atoms with Crippen molar-refractivity contribution in [3.8, 4) is 11.8 Å². The molecule has 0 N–H and O–H groups in total.